The van der Waals surface area contributed by atoms with E-state index in [0.717, 1.165) is 56.3 Å². The van der Waals surface area contributed by atoms with E-state index in [1.54, 1.807) is 0 Å². The van der Waals surface area contributed by atoms with Gasteiger partial charge in [0.25, 0.3) is 5.91 Å². The highest BCUT2D eigenvalue weighted by Gasteiger charge is 2.28. The van der Waals surface area contributed by atoms with Crippen LogP contribution in [0.2, 0.25) is 0 Å². The molecule has 146 valence electrons. The maximum absolute atomic E-state index is 13.0. The Morgan fingerprint density at radius 2 is 1.93 bits per heavy atom. The normalized spacial score (nSPS) is 21.9. The van der Waals surface area contributed by atoms with Crippen LogP contribution < -0.4 is 10.6 Å². The smallest absolute Gasteiger partial charge is 0.272 e. The molecule has 2 unspecified atom stereocenters. The summed E-state index contributed by atoms with van der Waals surface area (Å²) in [6.07, 6.45) is 6.36. The molecule has 2 heterocycles. The lowest BCUT2D eigenvalue weighted by Gasteiger charge is -2.30. The zero-order chi connectivity index (χ0) is 18.1. The summed E-state index contributed by atoms with van der Waals surface area (Å²) in [6, 6.07) is 8.86. The molecule has 2 aliphatic rings. The van der Waals surface area contributed by atoms with Gasteiger partial charge in [0.05, 0.1) is 5.69 Å². The number of nitrogens with one attached hydrogen (secondary N) is 2. The van der Waals surface area contributed by atoms with Crippen LogP contribution in [0, 0.1) is 6.92 Å². The molecule has 0 radical (unpaired) electrons. The third kappa shape index (κ3) is 4.04. The Hall–Kier alpha value is -1.85. The monoisotopic (exact) mass is 388 g/mol. The minimum Gasteiger partial charge on any atom is -0.346 e. The SMILES string of the molecule is Cc1ccc(-n2nc(C(=O)NC3CCCNC3C)c3c2CCCC3)cc1.Cl. The van der Waals surface area contributed by atoms with Crippen LogP contribution in [0.1, 0.15) is 59.9 Å². The first-order valence-corrected chi connectivity index (χ1v) is 9.85. The number of carbonyl (C=O) groups is 1. The molecule has 1 aromatic carbocycles. The first kappa shape index (κ1) is 19.9. The van der Waals surface area contributed by atoms with E-state index in [4.69, 9.17) is 5.10 Å². The standard InChI is InChI=1S/C21H28N4O.ClH/c1-14-9-11-16(12-10-14)25-19-8-4-3-6-17(19)20(24-25)21(26)23-18-7-5-13-22-15(18)2;/h9-12,15,18,22H,3-8,13H2,1-2H3,(H,23,26);1H. The van der Waals surface area contributed by atoms with Gasteiger partial charge in [-0.3, -0.25) is 4.79 Å². The molecule has 1 aromatic heterocycles. The molecule has 0 spiro atoms. The van der Waals surface area contributed by atoms with Crippen molar-refractivity contribution in [3.05, 3.63) is 46.8 Å². The first-order chi connectivity index (χ1) is 12.6. The van der Waals surface area contributed by atoms with E-state index in [1.807, 2.05) is 4.68 Å². The molecule has 1 amide bonds. The van der Waals surface area contributed by atoms with Crippen molar-refractivity contribution in [2.24, 2.45) is 0 Å². The van der Waals surface area contributed by atoms with Crippen molar-refractivity contribution in [2.45, 2.75) is 64.5 Å². The second-order valence-corrected chi connectivity index (χ2v) is 7.69. The van der Waals surface area contributed by atoms with E-state index in [0.29, 0.717) is 11.7 Å². The third-order valence-corrected chi connectivity index (χ3v) is 5.75. The summed E-state index contributed by atoms with van der Waals surface area (Å²) in [5.41, 5.74) is 5.25. The average molecular weight is 389 g/mol. The molecule has 1 fully saturated rings. The molecule has 2 aromatic rings. The van der Waals surface area contributed by atoms with Gasteiger partial charge >= 0.3 is 0 Å². The van der Waals surface area contributed by atoms with Crippen LogP contribution in [0.4, 0.5) is 0 Å². The molecule has 0 bridgehead atoms. The summed E-state index contributed by atoms with van der Waals surface area (Å²) in [5.74, 6) is -0.0189. The fourth-order valence-electron chi connectivity index (χ4n) is 4.16. The molecule has 27 heavy (non-hydrogen) atoms. The minimum atomic E-state index is -0.0189. The second kappa shape index (κ2) is 8.44. The summed E-state index contributed by atoms with van der Waals surface area (Å²) < 4.78 is 1.99. The minimum absolute atomic E-state index is 0. The van der Waals surface area contributed by atoms with Crippen LogP contribution in [-0.4, -0.2) is 34.3 Å². The van der Waals surface area contributed by atoms with Gasteiger partial charge in [-0.15, -0.1) is 12.4 Å². The first-order valence-electron chi connectivity index (χ1n) is 9.85. The number of benzene rings is 1. The number of hydrogen-bond acceptors (Lipinski definition) is 3. The van der Waals surface area contributed by atoms with Crippen LogP contribution in [-0.2, 0) is 12.8 Å². The number of halogens is 1. The quantitative estimate of drug-likeness (QED) is 0.847. The lowest BCUT2D eigenvalue weighted by molar-refractivity contribution is 0.0913. The van der Waals surface area contributed by atoms with Crippen molar-refractivity contribution >= 4 is 18.3 Å². The Morgan fingerprint density at radius 1 is 1.19 bits per heavy atom. The van der Waals surface area contributed by atoms with E-state index in [1.165, 1.54) is 11.3 Å². The fourth-order valence-corrected chi connectivity index (χ4v) is 4.16. The molecule has 0 saturated carbocycles. The Labute approximate surface area is 167 Å². The van der Waals surface area contributed by atoms with E-state index >= 15 is 0 Å². The number of rotatable bonds is 3. The summed E-state index contributed by atoms with van der Waals surface area (Å²) in [5, 5.41) is 11.4. The van der Waals surface area contributed by atoms with E-state index in [9.17, 15) is 4.79 Å². The van der Waals surface area contributed by atoms with Gasteiger partial charge in [-0.1, -0.05) is 17.7 Å². The molecule has 4 rings (SSSR count). The van der Waals surface area contributed by atoms with Crippen molar-refractivity contribution in [2.75, 3.05) is 6.54 Å². The van der Waals surface area contributed by atoms with Crippen molar-refractivity contribution in [1.82, 2.24) is 20.4 Å². The van der Waals surface area contributed by atoms with Crippen LogP contribution in [0.3, 0.4) is 0 Å². The van der Waals surface area contributed by atoms with Gasteiger partial charge in [0.15, 0.2) is 5.69 Å². The Morgan fingerprint density at radius 3 is 2.67 bits per heavy atom. The highest BCUT2D eigenvalue weighted by molar-refractivity contribution is 5.94. The third-order valence-electron chi connectivity index (χ3n) is 5.75. The van der Waals surface area contributed by atoms with Crippen molar-refractivity contribution < 1.29 is 4.79 Å². The van der Waals surface area contributed by atoms with Gasteiger partial charge in [-0.05, 0) is 71.0 Å². The van der Waals surface area contributed by atoms with Crippen LogP contribution in [0.5, 0.6) is 0 Å². The van der Waals surface area contributed by atoms with Crippen LogP contribution in [0.15, 0.2) is 24.3 Å². The van der Waals surface area contributed by atoms with Gasteiger partial charge in [-0.25, -0.2) is 4.68 Å². The summed E-state index contributed by atoms with van der Waals surface area (Å²) in [7, 11) is 0. The van der Waals surface area contributed by atoms with Crippen LogP contribution >= 0.6 is 12.4 Å². The zero-order valence-corrected chi connectivity index (χ0v) is 16.9. The number of hydrogen-bond donors (Lipinski definition) is 2. The summed E-state index contributed by atoms with van der Waals surface area (Å²) in [4.78, 5) is 13.0. The largest absolute Gasteiger partial charge is 0.346 e. The van der Waals surface area contributed by atoms with E-state index < -0.39 is 0 Å². The number of piperidine rings is 1. The average Bonchev–Trinajstić information content (AvgIpc) is 3.04. The number of nitrogens with zero attached hydrogens (tertiary/aromatic N) is 2. The number of amides is 1. The topological polar surface area (TPSA) is 59.0 Å². The fraction of sp³-hybridized carbons (Fsp3) is 0.524. The molecule has 5 nitrogen and oxygen atoms in total. The molecule has 1 saturated heterocycles. The molecule has 2 atom stereocenters. The molecule has 1 aliphatic heterocycles. The zero-order valence-electron chi connectivity index (χ0n) is 16.1. The van der Waals surface area contributed by atoms with Gasteiger partial charge < -0.3 is 10.6 Å². The van der Waals surface area contributed by atoms with Crippen molar-refractivity contribution in [1.29, 1.82) is 0 Å². The number of carbonyl (C=O) groups excluding carboxylic acids is 1. The van der Waals surface area contributed by atoms with Gasteiger partial charge in [0, 0.05) is 23.3 Å². The molecule has 6 heteroatoms. The Balaban J connectivity index is 0.00000210. The maximum atomic E-state index is 13.0. The molecule has 2 N–H and O–H groups in total. The molecular formula is C21H29ClN4O. The Kier molecular flexibility index (Phi) is 6.22. The van der Waals surface area contributed by atoms with Gasteiger partial charge in [0.1, 0.15) is 0 Å². The van der Waals surface area contributed by atoms with E-state index in [2.05, 4.69) is 48.7 Å². The van der Waals surface area contributed by atoms with Crippen molar-refractivity contribution in [3.63, 3.8) is 0 Å². The predicted octanol–water partition coefficient (Wildman–Crippen LogP) is 3.35. The van der Waals surface area contributed by atoms with Crippen molar-refractivity contribution in [3.8, 4) is 5.69 Å². The number of aryl methyl sites for hydroxylation is 1. The van der Waals surface area contributed by atoms with Gasteiger partial charge in [-0.2, -0.15) is 5.10 Å². The number of aromatic nitrogens is 2. The summed E-state index contributed by atoms with van der Waals surface area (Å²) in [6.45, 7) is 5.26. The highest BCUT2D eigenvalue weighted by atomic mass is 35.5. The predicted molar refractivity (Wildman–Crippen MR) is 110 cm³/mol. The molecule has 1 aliphatic carbocycles. The lowest BCUT2D eigenvalue weighted by Crippen LogP contribution is -2.52. The second-order valence-electron chi connectivity index (χ2n) is 7.69. The van der Waals surface area contributed by atoms with E-state index in [-0.39, 0.29) is 24.4 Å². The maximum Gasteiger partial charge on any atom is 0.272 e. The number of fused-ring (bicyclic) bond motifs is 1. The van der Waals surface area contributed by atoms with Gasteiger partial charge in [0.2, 0.25) is 0 Å². The summed E-state index contributed by atoms with van der Waals surface area (Å²) >= 11 is 0. The Bertz CT molecular complexity index is 799. The molecular weight excluding hydrogens is 360 g/mol. The lowest BCUT2D eigenvalue weighted by atomic mass is 9.94. The highest BCUT2D eigenvalue weighted by Crippen LogP contribution is 2.27. The van der Waals surface area contributed by atoms with Crippen LogP contribution in [0.25, 0.3) is 5.69 Å².